The molecule has 1 amide bonds. The van der Waals surface area contributed by atoms with Crippen molar-refractivity contribution in [2.75, 3.05) is 44.8 Å². The topological polar surface area (TPSA) is 118 Å². The molecular formula is C23H28FN5O4S. The molecule has 1 saturated heterocycles. The molecule has 34 heavy (non-hydrogen) atoms. The van der Waals surface area contributed by atoms with E-state index in [-0.39, 0.29) is 31.0 Å². The van der Waals surface area contributed by atoms with Crippen LogP contribution in [0.25, 0.3) is 10.2 Å². The number of thiophene rings is 1. The summed E-state index contributed by atoms with van der Waals surface area (Å²) in [5, 5.41) is 18.9. The smallest absolute Gasteiger partial charge is 0.261 e. The lowest BCUT2D eigenvalue weighted by Crippen LogP contribution is -2.37. The molecule has 9 nitrogen and oxygen atoms in total. The molecule has 182 valence electrons. The van der Waals surface area contributed by atoms with Crippen molar-refractivity contribution in [2.45, 2.75) is 25.9 Å². The van der Waals surface area contributed by atoms with Crippen LogP contribution in [-0.2, 0) is 4.74 Å². The number of fused-ring (bicyclic) bond motifs is 1. The van der Waals surface area contributed by atoms with Gasteiger partial charge in [0.25, 0.3) is 5.91 Å². The third kappa shape index (κ3) is 5.79. The Morgan fingerprint density at radius 2 is 2.24 bits per heavy atom. The van der Waals surface area contributed by atoms with E-state index in [1.165, 1.54) is 29.8 Å². The van der Waals surface area contributed by atoms with Crippen LogP contribution in [0.1, 0.15) is 28.1 Å². The summed E-state index contributed by atoms with van der Waals surface area (Å²) >= 11 is 1.28. The van der Waals surface area contributed by atoms with Gasteiger partial charge >= 0.3 is 0 Å². The second-order valence-corrected chi connectivity index (χ2v) is 8.90. The number of nitrogens with zero attached hydrogens (tertiary/aromatic N) is 2. The van der Waals surface area contributed by atoms with Crippen LogP contribution in [-0.4, -0.2) is 66.5 Å². The lowest BCUT2D eigenvalue weighted by molar-refractivity contribution is 0.0840. The number of anilines is 2. The normalized spacial score (nSPS) is 15.9. The van der Waals surface area contributed by atoms with Crippen LogP contribution in [0.15, 0.2) is 24.5 Å². The minimum Gasteiger partial charge on any atom is -0.487 e. The number of amides is 1. The second-order valence-electron chi connectivity index (χ2n) is 7.90. The summed E-state index contributed by atoms with van der Waals surface area (Å²) in [5.41, 5.74) is 1.34. The number of piperidine rings is 1. The van der Waals surface area contributed by atoms with E-state index < -0.39 is 0 Å². The molecule has 11 heteroatoms. The zero-order chi connectivity index (χ0) is 23.9. The molecule has 4 N–H and O–H groups in total. The van der Waals surface area contributed by atoms with Gasteiger partial charge in [-0.1, -0.05) is 0 Å². The van der Waals surface area contributed by atoms with Gasteiger partial charge in [-0.15, -0.1) is 11.3 Å². The quantitative estimate of drug-likeness (QED) is 0.321. The van der Waals surface area contributed by atoms with Crippen molar-refractivity contribution < 1.29 is 23.8 Å². The average molecular weight is 490 g/mol. The highest BCUT2D eigenvalue weighted by molar-refractivity contribution is 7.20. The highest BCUT2D eigenvalue weighted by Gasteiger charge is 2.21. The molecule has 1 aliphatic rings. The Morgan fingerprint density at radius 1 is 1.35 bits per heavy atom. The van der Waals surface area contributed by atoms with Crippen LogP contribution >= 0.6 is 11.3 Å². The number of aliphatic hydroxyl groups excluding tert-OH is 1. The van der Waals surface area contributed by atoms with Crippen LogP contribution in [0.2, 0.25) is 0 Å². The third-order valence-electron chi connectivity index (χ3n) is 5.44. The molecule has 0 radical (unpaired) electrons. The molecule has 0 aliphatic carbocycles. The van der Waals surface area contributed by atoms with E-state index in [0.717, 1.165) is 30.3 Å². The molecule has 1 unspecified atom stereocenters. The predicted molar refractivity (Wildman–Crippen MR) is 129 cm³/mol. The number of aliphatic hydroxyl groups is 1. The van der Waals surface area contributed by atoms with E-state index in [2.05, 4.69) is 25.9 Å². The maximum atomic E-state index is 14.0. The Balaban J connectivity index is 1.55. The van der Waals surface area contributed by atoms with E-state index in [1.807, 2.05) is 6.92 Å². The molecule has 4 rings (SSSR count). The first-order chi connectivity index (χ1) is 16.6. The molecule has 1 fully saturated rings. The highest BCUT2D eigenvalue weighted by atomic mass is 32.1. The monoisotopic (exact) mass is 489 g/mol. The van der Waals surface area contributed by atoms with Gasteiger partial charge in [-0.25, -0.2) is 14.4 Å². The Bertz CT molecular complexity index is 1140. The average Bonchev–Trinajstić information content (AvgIpc) is 3.18. The van der Waals surface area contributed by atoms with Gasteiger partial charge in [-0.05, 0) is 44.0 Å². The number of aryl methyl sites for hydroxylation is 1. The Kier molecular flexibility index (Phi) is 8.22. The van der Waals surface area contributed by atoms with Gasteiger partial charge in [0.2, 0.25) is 0 Å². The lowest BCUT2D eigenvalue weighted by Gasteiger charge is -2.25. The molecule has 0 spiro atoms. The minimum atomic E-state index is -0.384. The number of nitrogens with one attached hydrogen (secondary N) is 3. The standard InChI is InChI=1S/C23H28FN5O4S/c1-14-19-21(27-13-28-23(19)34-20(14)22(31)26-7-9-32-10-8-30)29-17-5-4-15(24)11-18(17)33-16-3-2-6-25-12-16/h4-5,11,13,16,25,30H,2-3,6-10,12H2,1H3,(H,26,31)(H,27,28,29). The van der Waals surface area contributed by atoms with Crippen molar-refractivity contribution in [1.29, 1.82) is 0 Å². The summed E-state index contributed by atoms with van der Waals surface area (Å²) in [6.07, 6.45) is 3.29. The summed E-state index contributed by atoms with van der Waals surface area (Å²) in [6.45, 7) is 4.32. The molecular weight excluding hydrogens is 461 g/mol. The molecule has 1 aromatic carbocycles. The van der Waals surface area contributed by atoms with Crippen molar-refractivity contribution in [3.05, 3.63) is 40.8 Å². The van der Waals surface area contributed by atoms with E-state index >= 15 is 0 Å². The highest BCUT2D eigenvalue weighted by Crippen LogP contribution is 2.36. The first-order valence-corrected chi connectivity index (χ1v) is 12.0. The third-order valence-corrected chi connectivity index (χ3v) is 6.64. The Hall–Kier alpha value is -2.86. The maximum Gasteiger partial charge on any atom is 0.261 e. The van der Waals surface area contributed by atoms with Gasteiger partial charge < -0.3 is 30.5 Å². The fraction of sp³-hybridized carbons (Fsp3) is 0.435. The van der Waals surface area contributed by atoms with Crippen LogP contribution in [0, 0.1) is 12.7 Å². The molecule has 3 heterocycles. The Labute approximate surface area is 200 Å². The van der Waals surface area contributed by atoms with E-state index in [4.69, 9.17) is 14.6 Å². The number of halogens is 1. The zero-order valence-corrected chi connectivity index (χ0v) is 19.7. The van der Waals surface area contributed by atoms with Gasteiger partial charge in [-0.2, -0.15) is 0 Å². The van der Waals surface area contributed by atoms with Crippen LogP contribution in [0.3, 0.4) is 0 Å². The first kappa shape index (κ1) is 24.3. The molecule has 0 saturated carbocycles. The number of benzene rings is 1. The summed E-state index contributed by atoms with van der Waals surface area (Å²) in [6, 6.07) is 4.36. The summed E-state index contributed by atoms with van der Waals surface area (Å²) in [4.78, 5) is 22.6. The fourth-order valence-electron chi connectivity index (χ4n) is 3.79. The number of carbonyl (C=O) groups excluding carboxylic acids is 1. The van der Waals surface area contributed by atoms with Gasteiger partial charge in [-0.3, -0.25) is 4.79 Å². The molecule has 2 aromatic heterocycles. The number of ether oxygens (including phenoxy) is 2. The number of carbonyl (C=O) groups is 1. The largest absolute Gasteiger partial charge is 0.487 e. The molecule has 1 atom stereocenters. The van der Waals surface area contributed by atoms with Crippen molar-refractivity contribution in [2.24, 2.45) is 0 Å². The maximum absolute atomic E-state index is 14.0. The number of rotatable bonds is 10. The Morgan fingerprint density at radius 3 is 3.03 bits per heavy atom. The van der Waals surface area contributed by atoms with E-state index in [1.54, 1.807) is 6.07 Å². The molecule has 1 aliphatic heterocycles. The van der Waals surface area contributed by atoms with Crippen LogP contribution in [0.4, 0.5) is 15.9 Å². The number of hydrogen-bond donors (Lipinski definition) is 4. The van der Waals surface area contributed by atoms with Gasteiger partial charge in [0.05, 0.1) is 35.8 Å². The van der Waals surface area contributed by atoms with E-state index in [0.29, 0.717) is 46.7 Å². The predicted octanol–water partition coefficient (Wildman–Crippen LogP) is 2.75. The summed E-state index contributed by atoms with van der Waals surface area (Å²) in [5.74, 6) is 0.317. The van der Waals surface area contributed by atoms with Gasteiger partial charge in [0.15, 0.2) is 0 Å². The van der Waals surface area contributed by atoms with Gasteiger partial charge in [0, 0.05) is 19.2 Å². The van der Waals surface area contributed by atoms with E-state index in [9.17, 15) is 9.18 Å². The molecule has 3 aromatic rings. The SMILES string of the molecule is Cc1c(C(=O)NCCOCCO)sc2ncnc(Nc3ccc(F)cc3OC3CCCNC3)c12. The first-order valence-electron chi connectivity index (χ1n) is 11.2. The number of aromatic nitrogens is 2. The lowest BCUT2D eigenvalue weighted by atomic mass is 10.1. The van der Waals surface area contributed by atoms with Crippen molar-refractivity contribution >= 4 is 39.0 Å². The van der Waals surface area contributed by atoms with Gasteiger partial charge in [0.1, 0.15) is 34.6 Å². The van der Waals surface area contributed by atoms with Crippen LogP contribution < -0.4 is 20.7 Å². The van der Waals surface area contributed by atoms with Crippen molar-refractivity contribution in [3.63, 3.8) is 0 Å². The molecule has 0 bridgehead atoms. The zero-order valence-electron chi connectivity index (χ0n) is 18.9. The fourth-order valence-corrected chi connectivity index (χ4v) is 4.86. The van der Waals surface area contributed by atoms with Crippen molar-refractivity contribution in [3.8, 4) is 5.75 Å². The van der Waals surface area contributed by atoms with Crippen LogP contribution in [0.5, 0.6) is 5.75 Å². The number of hydrogen-bond acceptors (Lipinski definition) is 9. The summed E-state index contributed by atoms with van der Waals surface area (Å²) in [7, 11) is 0. The minimum absolute atomic E-state index is 0.0407. The second kappa shape index (κ2) is 11.5. The summed E-state index contributed by atoms with van der Waals surface area (Å²) < 4.78 is 25.3. The van der Waals surface area contributed by atoms with Crippen molar-refractivity contribution in [1.82, 2.24) is 20.6 Å².